The third-order valence-corrected chi connectivity index (χ3v) is 8.11. The average molecular weight is 487 g/mol. The SMILES string of the molecule is CC(C)=CCCC(C)=CC(c1cc(O)cc(C)c1O)c1oc2c(c1C)CC1(C)C(=C2)C=CC(=O)C1C. The summed E-state index contributed by atoms with van der Waals surface area (Å²) in [6.07, 6.45) is 12.6. The number of carbonyl (C=O) groups is 1. The molecule has 4 heteroatoms. The number of benzene rings is 1. The number of phenolic OH excluding ortho intramolecular Hbond substituents is 2. The minimum absolute atomic E-state index is 0.106. The lowest BCUT2D eigenvalue weighted by Crippen LogP contribution is -2.38. The molecule has 2 aliphatic rings. The maximum absolute atomic E-state index is 12.5. The number of hydrogen-bond donors (Lipinski definition) is 2. The van der Waals surface area contributed by atoms with Gasteiger partial charge in [0.15, 0.2) is 5.78 Å². The molecule has 2 N–H and O–H groups in total. The van der Waals surface area contributed by atoms with Crippen LogP contribution in [0.1, 0.15) is 87.2 Å². The van der Waals surface area contributed by atoms with Crippen LogP contribution in [0.2, 0.25) is 0 Å². The predicted octanol–water partition coefficient (Wildman–Crippen LogP) is 7.85. The average Bonchev–Trinajstić information content (AvgIpc) is 3.11. The fourth-order valence-corrected chi connectivity index (χ4v) is 5.56. The molecule has 2 aliphatic carbocycles. The van der Waals surface area contributed by atoms with Crippen molar-refractivity contribution in [2.45, 2.75) is 73.6 Å². The quantitative estimate of drug-likeness (QED) is 0.322. The Morgan fingerprint density at radius 1 is 1.19 bits per heavy atom. The smallest absolute Gasteiger partial charge is 0.159 e. The molecule has 2 aromatic rings. The summed E-state index contributed by atoms with van der Waals surface area (Å²) in [6.45, 7) is 14.3. The van der Waals surface area contributed by atoms with Crippen molar-refractivity contribution in [2.75, 3.05) is 0 Å². The zero-order chi connectivity index (χ0) is 26.4. The molecule has 0 amide bonds. The number of rotatable bonds is 6. The Hall–Kier alpha value is -3.27. The number of fused-ring (bicyclic) bond motifs is 2. The standard InChI is InChI=1S/C32H38O4/c1-18(2)9-8-10-19(3)13-26(25-16-24(33)14-20(4)30(25)35)31-21(5)27-17-32(7)22(6)28(34)12-11-23(32)15-29(27)36-31/h9,11-16,22,26,33,35H,8,10,17H2,1-7H3. The third kappa shape index (κ3) is 4.61. The molecule has 1 aromatic carbocycles. The molecule has 1 aromatic heterocycles. The number of hydrogen-bond acceptors (Lipinski definition) is 4. The van der Waals surface area contributed by atoms with E-state index in [1.807, 2.05) is 13.0 Å². The van der Waals surface area contributed by atoms with Gasteiger partial charge in [-0.05, 0) is 94.9 Å². The fourth-order valence-electron chi connectivity index (χ4n) is 5.56. The highest BCUT2D eigenvalue weighted by Gasteiger charge is 2.44. The molecule has 0 bridgehead atoms. The molecular weight excluding hydrogens is 448 g/mol. The van der Waals surface area contributed by atoms with E-state index in [1.165, 1.54) is 11.1 Å². The summed E-state index contributed by atoms with van der Waals surface area (Å²) in [5.41, 5.74) is 6.72. The Morgan fingerprint density at radius 2 is 1.92 bits per heavy atom. The zero-order valence-electron chi connectivity index (χ0n) is 22.5. The highest BCUT2D eigenvalue weighted by Crippen LogP contribution is 2.50. The van der Waals surface area contributed by atoms with Crippen LogP contribution >= 0.6 is 0 Å². The first-order valence-corrected chi connectivity index (χ1v) is 12.8. The van der Waals surface area contributed by atoms with Gasteiger partial charge in [-0.2, -0.15) is 0 Å². The van der Waals surface area contributed by atoms with Crippen LogP contribution in [0.15, 0.2) is 57.6 Å². The van der Waals surface area contributed by atoms with Crippen molar-refractivity contribution in [3.8, 4) is 11.5 Å². The van der Waals surface area contributed by atoms with E-state index in [1.54, 1.807) is 25.1 Å². The highest BCUT2D eigenvalue weighted by molar-refractivity contribution is 5.95. The number of phenols is 2. The topological polar surface area (TPSA) is 70.7 Å². The van der Waals surface area contributed by atoms with Gasteiger partial charge in [0.25, 0.3) is 0 Å². The maximum atomic E-state index is 12.5. The van der Waals surface area contributed by atoms with E-state index < -0.39 is 0 Å². The van der Waals surface area contributed by atoms with Gasteiger partial charge in [-0.15, -0.1) is 0 Å². The van der Waals surface area contributed by atoms with Gasteiger partial charge in [0.1, 0.15) is 23.0 Å². The number of ketones is 1. The van der Waals surface area contributed by atoms with Gasteiger partial charge in [0.2, 0.25) is 0 Å². The van der Waals surface area contributed by atoms with Gasteiger partial charge in [0, 0.05) is 22.5 Å². The molecule has 4 nitrogen and oxygen atoms in total. The zero-order valence-corrected chi connectivity index (χ0v) is 22.5. The molecule has 0 fully saturated rings. The van der Waals surface area contributed by atoms with Crippen molar-refractivity contribution in [3.05, 3.63) is 86.9 Å². The Morgan fingerprint density at radius 3 is 2.61 bits per heavy atom. The van der Waals surface area contributed by atoms with Gasteiger partial charge in [-0.1, -0.05) is 43.2 Å². The van der Waals surface area contributed by atoms with Gasteiger partial charge >= 0.3 is 0 Å². The fraction of sp³-hybridized carbons (Fsp3) is 0.406. The molecule has 3 atom stereocenters. The van der Waals surface area contributed by atoms with Crippen LogP contribution in [0.25, 0.3) is 6.08 Å². The summed E-state index contributed by atoms with van der Waals surface area (Å²) in [4.78, 5) is 12.5. The van der Waals surface area contributed by atoms with Crippen LogP contribution in [0.3, 0.4) is 0 Å². The summed E-state index contributed by atoms with van der Waals surface area (Å²) < 4.78 is 6.54. The Kier molecular flexibility index (Phi) is 6.92. The first kappa shape index (κ1) is 25.8. The van der Waals surface area contributed by atoms with Crippen molar-refractivity contribution in [2.24, 2.45) is 11.3 Å². The van der Waals surface area contributed by atoms with E-state index >= 15 is 0 Å². The molecule has 0 saturated carbocycles. The van der Waals surface area contributed by atoms with Crippen molar-refractivity contribution in [3.63, 3.8) is 0 Å². The summed E-state index contributed by atoms with van der Waals surface area (Å²) in [7, 11) is 0. The second kappa shape index (κ2) is 9.65. The predicted molar refractivity (Wildman–Crippen MR) is 145 cm³/mol. The number of aryl methyl sites for hydroxylation is 1. The van der Waals surface area contributed by atoms with Crippen LogP contribution in [0.5, 0.6) is 11.5 Å². The van der Waals surface area contributed by atoms with E-state index in [0.717, 1.165) is 47.5 Å². The summed E-state index contributed by atoms with van der Waals surface area (Å²) >= 11 is 0. The van der Waals surface area contributed by atoms with Crippen LogP contribution in [0.4, 0.5) is 0 Å². The molecule has 0 spiro atoms. The third-order valence-electron chi connectivity index (χ3n) is 8.11. The molecule has 36 heavy (non-hydrogen) atoms. The lowest BCUT2D eigenvalue weighted by Gasteiger charge is -2.40. The Labute approximate surface area is 214 Å². The van der Waals surface area contributed by atoms with Gasteiger partial charge in [-0.3, -0.25) is 4.79 Å². The molecule has 0 aliphatic heterocycles. The molecule has 0 saturated heterocycles. The minimum atomic E-state index is -0.351. The van der Waals surface area contributed by atoms with E-state index in [2.05, 4.69) is 52.8 Å². The van der Waals surface area contributed by atoms with Gasteiger partial charge in [-0.25, -0.2) is 0 Å². The van der Waals surface area contributed by atoms with Crippen LogP contribution in [0, 0.1) is 25.2 Å². The summed E-state index contributed by atoms with van der Waals surface area (Å²) in [6, 6.07) is 3.21. The van der Waals surface area contributed by atoms with Crippen LogP contribution in [-0.2, 0) is 11.2 Å². The van der Waals surface area contributed by atoms with E-state index in [0.29, 0.717) is 11.1 Å². The molecule has 3 unspecified atom stereocenters. The Bertz CT molecular complexity index is 1330. The number of carbonyl (C=O) groups excluding carboxylic acids is 1. The number of allylic oxidation sites excluding steroid dienone is 7. The molecular formula is C32H38O4. The number of furan rings is 1. The normalized spacial score (nSPS) is 22.1. The van der Waals surface area contributed by atoms with Crippen LogP contribution < -0.4 is 0 Å². The maximum Gasteiger partial charge on any atom is 0.159 e. The molecule has 0 radical (unpaired) electrons. The largest absolute Gasteiger partial charge is 0.508 e. The highest BCUT2D eigenvalue weighted by atomic mass is 16.3. The monoisotopic (exact) mass is 486 g/mol. The Balaban J connectivity index is 1.84. The van der Waals surface area contributed by atoms with Crippen LogP contribution in [-0.4, -0.2) is 16.0 Å². The first-order chi connectivity index (χ1) is 16.9. The number of aromatic hydroxyl groups is 2. The lowest BCUT2D eigenvalue weighted by atomic mass is 9.62. The minimum Gasteiger partial charge on any atom is -0.508 e. The first-order valence-electron chi connectivity index (χ1n) is 12.8. The molecule has 4 rings (SSSR count). The summed E-state index contributed by atoms with van der Waals surface area (Å²) in [5.74, 6) is 1.57. The molecule has 1 heterocycles. The van der Waals surface area contributed by atoms with E-state index in [9.17, 15) is 15.0 Å². The van der Waals surface area contributed by atoms with E-state index in [4.69, 9.17) is 4.42 Å². The van der Waals surface area contributed by atoms with E-state index in [-0.39, 0.29) is 34.5 Å². The second-order valence-corrected chi connectivity index (χ2v) is 11.1. The second-order valence-electron chi connectivity index (χ2n) is 11.1. The van der Waals surface area contributed by atoms with Crippen molar-refractivity contribution in [1.82, 2.24) is 0 Å². The molecule has 190 valence electrons. The van der Waals surface area contributed by atoms with Crippen molar-refractivity contribution >= 4 is 11.9 Å². The lowest BCUT2D eigenvalue weighted by molar-refractivity contribution is -0.120. The van der Waals surface area contributed by atoms with Crippen molar-refractivity contribution < 1.29 is 19.4 Å². The van der Waals surface area contributed by atoms with Gasteiger partial charge in [0.05, 0.1) is 5.92 Å². The van der Waals surface area contributed by atoms with Gasteiger partial charge < -0.3 is 14.6 Å². The van der Waals surface area contributed by atoms with Crippen molar-refractivity contribution in [1.29, 1.82) is 0 Å². The summed E-state index contributed by atoms with van der Waals surface area (Å²) in [5, 5.41) is 21.4.